The Morgan fingerprint density at radius 3 is 2.87 bits per heavy atom. The molecule has 1 aliphatic rings. The molecule has 7 nitrogen and oxygen atoms in total. The van der Waals surface area contributed by atoms with Gasteiger partial charge in [-0.2, -0.15) is 5.10 Å². The largest absolute Gasteiger partial charge is 0.388 e. The number of H-pyrrole nitrogens is 1. The Balaban J connectivity index is 1.67. The summed E-state index contributed by atoms with van der Waals surface area (Å²) in [5.41, 5.74) is 0.254. The van der Waals surface area contributed by atoms with E-state index in [-0.39, 0.29) is 24.6 Å². The van der Waals surface area contributed by atoms with Crippen molar-refractivity contribution < 1.29 is 9.90 Å². The van der Waals surface area contributed by atoms with Gasteiger partial charge >= 0.3 is 5.69 Å². The number of aliphatic hydroxyl groups is 1. The van der Waals surface area contributed by atoms with Crippen molar-refractivity contribution in [1.82, 2.24) is 19.7 Å². The van der Waals surface area contributed by atoms with Crippen molar-refractivity contribution in [3.05, 3.63) is 50.1 Å². The van der Waals surface area contributed by atoms with Crippen molar-refractivity contribution >= 4 is 29.1 Å². The lowest BCUT2D eigenvalue weighted by Gasteiger charge is -2.27. The van der Waals surface area contributed by atoms with E-state index in [9.17, 15) is 14.7 Å². The number of aromatic amines is 1. The van der Waals surface area contributed by atoms with E-state index in [1.54, 1.807) is 23.1 Å². The van der Waals surface area contributed by atoms with Crippen LogP contribution in [-0.4, -0.2) is 37.2 Å². The van der Waals surface area contributed by atoms with Gasteiger partial charge in [-0.1, -0.05) is 29.3 Å². The maximum atomic E-state index is 12.3. The van der Waals surface area contributed by atoms with Crippen molar-refractivity contribution in [3.63, 3.8) is 0 Å². The van der Waals surface area contributed by atoms with Crippen molar-refractivity contribution in [2.75, 3.05) is 6.54 Å². The average Bonchev–Trinajstić information content (AvgIpc) is 2.90. The zero-order valence-corrected chi connectivity index (χ0v) is 13.5. The van der Waals surface area contributed by atoms with E-state index in [0.29, 0.717) is 34.5 Å². The molecule has 1 amide bonds. The summed E-state index contributed by atoms with van der Waals surface area (Å²) in [6.45, 7) is 1.03. The number of aromatic nitrogens is 3. The van der Waals surface area contributed by atoms with Gasteiger partial charge in [-0.3, -0.25) is 9.36 Å². The predicted octanol–water partition coefficient (Wildman–Crippen LogP) is 1.34. The SMILES string of the molecule is O=C(CC(O)c1ccc(Cl)c(Cl)c1)N1CCn2c(n[nH]c2=O)C1. The molecule has 1 aliphatic heterocycles. The van der Waals surface area contributed by atoms with Gasteiger partial charge in [-0.05, 0) is 17.7 Å². The smallest absolute Gasteiger partial charge is 0.343 e. The van der Waals surface area contributed by atoms with Gasteiger partial charge in [0, 0.05) is 13.1 Å². The number of carbonyl (C=O) groups excluding carboxylic acids is 1. The van der Waals surface area contributed by atoms with Crippen LogP contribution >= 0.6 is 23.2 Å². The second-order valence-electron chi connectivity index (χ2n) is 5.31. The molecule has 1 aromatic heterocycles. The lowest BCUT2D eigenvalue weighted by Crippen LogP contribution is -2.41. The normalized spacial score (nSPS) is 15.3. The average molecular weight is 357 g/mol. The van der Waals surface area contributed by atoms with Gasteiger partial charge in [0.2, 0.25) is 5.91 Å². The molecule has 2 N–H and O–H groups in total. The van der Waals surface area contributed by atoms with Crippen LogP contribution in [0, 0.1) is 0 Å². The summed E-state index contributed by atoms with van der Waals surface area (Å²) in [4.78, 5) is 25.3. The topological polar surface area (TPSA) is 91.2 Å². The molecule has 0 radical (unpaired) electrons. The summed E-state index contributed by atoms with van der Waals surface area (Å²) in [7, 11) is 0. The number of nitrogens with zero attached hydrogens (tertiary/aromatic N) is 3. The zero-order chi connectivity index (χ0) is 16.6. The number of hydrogen-bond acceptors (Lipinski definition) is 4. The number of rotatable bonds is 3. The first-order valence-corrected chi connectivity index (χ1v) is 7.76. The van der Waals surface area contributed by atoms with Gasteiger partial charge in [-0.25, -0.2) is 9.89 Å². The van der Waals surface area contributed by atoms with Crippen LogP contribution in [0.4, 0.5) is 0 Å². The van der Waals surface area contributed by atoms with E-state index in [0.717, 1.165) is 0 Å². The minimum atomic E-state index is -0.972. The maximum Gasteiger partial charge on any atom is 0.343 e. The van der Waals surface area contributed by atoms with E-state index >= 15 is 0 Å². The van der Waals surface area contributed by atoms with Crippen LogP contribution in [0.25, 0.3) is 0 Å². The van der Waals surface area contributed by atoms with Crippen molar-refractivity contribution in [2.24, 2.45) is 0 Å². The highest BCUT2D eigenvalue weighted by molar-refractivity contribution is 6.42. The van der Waals surface area contributed by atoms with Crippen LogP contribution in [0.1, 0.15) is 23.9 Å². The second-order valence-corrected chi connectivity index (χ2v) is 6.12. The van der Waals surface area contributed by atoms with Crippen molar-refractivity contribution in [2.45, 2.75) is 25.6 Å². The molecule has 0 saturated carbocycles. The van der Waals surface area contributed by atoms with Gasteiger partial charge in [0.25, 0.3) is 0 Å². The van der Waals surface area contributed by atoms with E-state index in [4.69, 9.17) is 23.2 Å². The van der Waals surface area contributed by atoms with Gasteiger partial charge in [0.15, 0.2) is 5.82 Å². The molecule has 9 heteroatoms. The molecule has 1 unspecified atom stereocenters. The number of hydrogen-bond donors (Lipinski definition) is 2. The number of halogens is 2. The first kappa shape index (κ1) is 16.0. The van der Waals surface area contributed by atoms with E-state index in [1.165, 1.54) is 4.57 Å². The molecule has 23 heavy (non-hydrogen) atoms. The standard InChI is InChI=1S/C14H14Cl2N4O3/c15-9-2-1-8(5-10(9)16)11(21)6-13(22)19-3-4-20-12(7-19)17-18-14(20)23/h1-2,5,11,21H,3-4,6-7H2,(H,18,23). The molecule has 0 fully saturated rings. The highest BCUT2D eigenvalue weighted by atomic mass is 35.5. The van der Waals surface area contributed by atoms with Crippen LogP contribution < -0.4 is 5.69 Å². The first-order valence-electron chi connectivity index (χ1n) is 7.00. The molecule has 1 aromatic carbocycles. The third-order valence-electron chi connectivity index (χ3n) is 3.81. The second kappa shape index (κ2) is 6.35. The molecular weight excluding hydrogens is 343 g/mol. The highest BCUT2D eigenvalue weighted by Gasteiger charge is 2.25. The number of amides is 1. The van der Waals surface area contributed by atoms with Gasteiger partial charge in [-0.15, -0.1) is 0 Å². The van der Waals surface area contributed by atoms with Gasteiger partial charge < -0.3 is 10.0 Å². The number of aliphatic hydroxyl groups excluding tert-OH is 1. The van der Waals surface area contributed by atoms with Gasteiger partial charge in [0.05, 0.1) is 29.1 Å². The minimum Gasteiger partial charge on any atom is -0.388 e. The monoisotopic (exact) mass is 356 g/mol. The zero-order valence-electron chi connectivity index (χ0n) is 12.0. The summed E-state index contributed by atoms with van der Waals surface area (Å²) >= 11 is 11.8. The van der Waals surface area contributed by atoms with Crippen molar-refractivity contribution in [3.8, 4) is 0 Å². The van der Waals surface area contributed by atoms with Gasteiger partial charge in [0.1, 0.15) is 0 Å². The molecule has 2 aromatic rings. The Labute approximate surface area is 141 Å². The molecule has 0 aliphatic carbocycles. The lowest BCUT2D eigenvalue weighted by molar-refractivity contribution is -0.134. The Kier molecular flexibility index (Phi) is 4.43. The summed E-state index contributed by atoms with van der Waals surface area (Å²) < 4.78 is 1.50. The van der Waals surface area contributed by atoms with Crippen LogP contribution in [-0.2, 0) is 17.9 Å². The van der Waals surface area contributed by atoms with Crippen molar-refractivity contribution in [1.29, 1.82) is 0 Å². The van der Waals surface area contributed by atoms with Crippen LogP contribution in [0.3, 0.4) is 0 Å². The molecule has 3 rings (SSSR count). The van der Waals surface area contributed by atoms with E-state index in [1.807, 2.05) is 0 Å². The summed E-state index contributed by atoms with van der Waals surface area (Å²) in [5.74, 6) is 0.295. The fraction of sp³-hybridized carbons (Fsp3) is 0.357. The third-order valence-corrected chi connectivity index (χ3v) is 4.55. The Morgan fingerprint density at radius 2 is 2.13 bits per heavy atom. The number of fused-ring (bicyclic) bond motifs is 1. The Bertz CT molecular complexity index is 802. The van der Waals surface area contributed by atoms with E-state index < -0.39 is 6.10 Å². The van der Waals surface area contributed by atoms with E-state index in [2.05, 4.69) is 10.2 Å². The quantitative estimate of drug-likeness (QED) is 0.868. The molecule has 0 bridgehead atoms. The fourth-order valence-electron chi connectivity index (χ4n) is 2.52. The third kappa shape index (κ3) is 3.26. The molecule has 1 atom stereocenters. The number of nitrogens with one attached hydrogen (secondary N) is 1. The van der Waals surface area contributed by atoms with Crippen LogP contribution in [0.15, 0.2) is 23.0 Å². The maximum absolute atomic E-state index is 12.3. The molecule has 0 spiro atoms. The summed E-state index contributed by atoms with van der Waals surface area (Å²) in [6.07, 6.45) is -1.05. The fourth-order valence-corrected chi connectivity index (χ4v) is 2.82. The molecular formula is C14H14Cl2N4O3. The lowest BCUT2D eigenvalue weighted by atomic mass is 10.1. The minimum absolute atomic E-state index is 0.0768. The molecule has 122 valence electrons. The molecule has 2 heterocycles. The Hall–Kier alpha value is -1.83. The van der Waals surface area contributed by atoms with Crippen LogP contribution in [0.5, 0.6) is 0 Å². The highest BCUT2D eigenvalue weighted by Crippen LogP contribution is 2.27. The first-order chi connectivity index (χ1) is 11.0. The summed E-state index contributed by atoms with van der Waals surface area (Å²) in [6, 6.07) is 4.76. The van der Waals surface area contributed by atoms with Crippen LogP contribution in [0.2, 0.25) is 10.0 Å². The number of carbonyl (C=O) groups is 1. The molecule has 0 saturated heterocycles. The summed E-state index contributed by atoms with van der Waals surface area (Å²) in [5, 5.41) is 17.2. The number of benzene rings is 1. The predicted molar refractivity (Wildman–Crippen MR) is 84.3 cm³/mol. The Morgan fingerprint density at radius 1 is 1.35 bits per heavy atom.